The number of piperidine rings is 1. The first-order chi connectivity index (χ1) is 14.6. The lowest BCUT2D eigenvalue weighted by Crippen LogP contribution is -2.38. The molecule has 1 saturated heterocycles. The Morgan fingerprint density at radius 3 is 2.43 bits per heavy atom. The summed E-state index contributed by atoms with van der Waals surface area (Å²) < 4.78 is 1.97. The molecule has 1 aliphatic heterocycles. The van der Waals surface area contributed by atoms with Crippen molar-refractivity contribution in [3.05, 3.63) is 84.2 Å². The number of carbonyl (C=O) groups excluding carboxylic acids is 2. The normalized spacial score (nSPS) is 15.1. The highest BCUT2D eigenvalue weighted by atomic mass is 16.2. The van der Waals surface area contributed by atoms with Crippen LogP contribution in [0.1, 0.15) is 28.8 Å². The van der Waals surface area contributed by atoms with Gasteiger partial charge in [-0.05, 0) is 74.0 Å². The zero-order valence-electron chi connectivity index (χ0n) is 16.8. The third-order valence-corrected chi connectivity index (χ3v) is 5.59. The molecule has 6 heteroatoms. The van der Waals surface area contributed by atoms with Gasteiger partial charge in [-0.1, -0.05) is 18.2 Å². The second-order valence-corrected chi connectivity index (χ2v) is 7.75. The Labute approximate surface area is 176 Å². The molecule has 0 aliphatic carbocycles. The molecule has 3 aromatic rings. The van der Waals surface area contributed by atoms with E-state index in [0.29, 0.717) is 5.56 Å². The van der Waals surface area contributed by atoms with E-state index in [1.165, 1.54) is 0 Å². The number of hydrogen-bond donors (Lipinski definition) is 2. The number of likely N-dealkylation sites (tertiary alicyclic amines) is 1. The molecule has 1 aromatic heterocycles. The van der Waals surface area contributed by atoms with Gasteiger partial charge in [0.25, 0.3) is 5.91 Å². The summed E-state index contributed by atoms with van der Waals surface area (Å²) in [6, 6.07) is 19.4. The number of aromatic nitrogens is 1. The van der Waals surface area contributed by atoms with E-state index in [0.717, 1.165) is 49.4 Å². The lowest BCUT2D eigenvalue weighted by Gasteiger charge is -2.30. The Balaban J connectivity index is 1.39. The van der Waals surface area contributed by atoms with Crippen LogP contribution in [0.5, 0.6) is 0 Å². The summed E-state index contributed by atoms with van der Waals surface area (Å²) in [5.41, 5.74) is 8.88. The average Bonchev–Trinajstić information content (AvgIpc) is 3.29. The first-order valence-corrected chi connectivity index (χ1v) is 10.2. The maximum Gasteiger partial charge on any atom is 0.255 e. The zero-order valence-corrected chi connectivity index (χ0v) is 16.8. The van der Waals surface area contributed by atoms with Gasteiger partial charge in [0.2, 0.25) is 5.91 Å². The highest BCUT2D eigenvalue weighted by molar-refractivity contribution is 6.04. The fraction of sp³-hybridized carbons (Fsp3) is 0.250. The van der Waals surface area contributed by atoms with E-state index in [-0.39, 0.29) is 17.7 Å². The van der Waals surface area contributed by atoms with E-state index in [2.05, 4.69) is 16.3 Å². The molecule has 0 spiro atoms. The molecule has 30 heavy (non-hydrogen) atoms. The van der Waals surface area contributed by atoms with Crippen molar-refractivity contribution in [3.8, 4) is 5.69 Å². The van der Waals surface area contributed by atoms with Gasteiger partial charge in [-0.2, -0.15) is 0 Å². The van der Waals surface area contributed by atoms with Crippen molar-refractivity contribution in [3.63, 3.8) is 0 Å². The number of amides is 2. The largest absolute Gasteiger partial charge is 0.369 e. The second kappa shape index (κ2) is 8.97. The third-order valence-electron chi connectivity index (χ3n) is 5.59. The van der Waals surface area contributed by atoms with Gasteiger partial charge in [0.05, 0.1) is 0 Å². The fourth-order valence-corrected chi connectivity index (χ4v) is 3.90. The number of rotatable bonds is 6. The second-order valence-electron chi connectivity index (χ2n) is 7.75. The molecule has 2 heterocycles. The predicted molar refractivity (Wildman–Crippen MR) is 117 cm³/mol. The Morgan fingerprint density at radius 1 is 0.967 bits per heavy atom. The van der Waals surface area contributed by atoms with E-state index in [4.69, 9.17) is 5.73 Å². The molecule has 154 valence electrons. The van der Waals surface area contributed by atoms with E-state index in [1.54, 1.807) is 0 Å². The maximum atomic E-state index is 12.8. The summed E-state index contributed by atoms with van der Waals surface area (Å²) in [4.78, 5) is 26.4. The fourth-order valence-electron chi connectivity index (χ4n) is 3.90. The van der Waals surface area contributed by atoms with Gasteiger partial charge in [0, 0.05) is 41.8 Å². The summed E-state index contributed by atoms with van der Waals surface area (Å²) in [5.74, 6) is -0.335. The number of benzene rings is 2. The van der Waals surface area contributed by atoms with Crippen molar-refractivity contribution in [2.75, 3.05) is 18.4 Å². The smallest absolute Gasteiger partial charge is 0.255 e. The lowest BCUT2D eigenvalue weighted by atomic mass is 9.96. The minimum Gasteiger partial charge on any atom is -0.369 e. The summed E-state index contributed by atoms with van der Waals surface area (Å²) in [7, 11) is 0. The molecular formula is C24H26N4O2. The molecule has 2 aromatic carbocycles. The van der Waals surface area contributed by atoms with E-state index in [9.17, 15) is 9.59 Å². The van der Waals surface area contributed by atoms with E-state index in [1.807, 2.05) is 71.6 Å². The predicted octanol–water partition coefficient (Wildman–Crippen LogP) is 3.43. The SMILES string of the molecule is NC(=O)C1CCN(Cc2cccc(NC(=O)c3cccc(-n4cccc4)c3)c2)CC1. The van der Waals surface area contributed by atoms with Gasteiger partial charge in [-0.25, -0.2) is 0 Å². The summed E-state index contributed by atoms with van der Waals surface area (Å²) >= 11 is 0. The highest BCUT2D eigenvalue weighted by Gasteiger charge is 2.23. The first kappa shape index (κ1) is 19.9. The molecule has 0 radical (unpaired) electrons. The van der Waals surface area contributed by atoms with Gasteiger partial charge < -0.3 is 15.6 Å². The van der Waals surface area contributed by atoms with Crippen LogP contribution in [-0.4, -0.2) is 34.4 Å². The van der Waals surface area contributed by atoms with Crippen LogP contribution in [0.25, 0.3) is 5.69 Å². The molecule has 6 nitrogen and oxygen atoms in total. The Morgan fingerprint density at radius 2 is 1.70 bits per heavy atom. The molecule has 0 bridgehead atoms. The molecule has 0 unspecified atom stereocenters. The lowest BCUT2D eigenvalue weighted by molar-refractivity contribution is -0.123. The van der Waals surface area contributed by atoms with Crippen LogP contribution in [0.3, 0.4) is 0 Å². The molecular weight excluding hydrogens is 376 g/mol. The van der Waals surface area contributed by atoms with Crippen LogP contribution in [0.15, 0.2) is 73.1 Å². The van der Waals surface area contributed by atoms with Crippen molar-refractivity contribution < 1.29 is 9.59 Å². The monoisotopic (exact) mass is 402 g/mol. The minimum atomic E-state index is -0.194. The average molecular weight is 402 g/mol. The van der Waals surface area contributed by atoms with Gasteiger partial charge in [-0.3, -0.25) is 14.5 Å². The Hall–Kier alpha value is -3.38. The van der Waals surface area contributed by atoms with Crippen LogP contribution in [-0.2, 0) is 11.3 Å². The van der Waals surface area contributed by atoms with Crippen LogP contribution in [0, 0.1) is 5.92 Å². The highest BCUT2D eigenvalue weighted by Crippen LogP contribution is 2.20. The molecule has 1 fully saturated rings. The number of nitrogens with one attached hydrogen (secondary N) is 1. The van der Waals surface area contributed by atoms with Crippen molar-refractivity contribution in [1.29, 1.82) is 0 Å². The van der Waals surface area contributed by atoms with Crippen LogP contribution >= 0.6 is 0 Å². The molecule has 0 atom stereocenters. The van der Waals surface area contributed by atoms with Crippen molar-refractivity contribution in [1.82, 2.24) is 9.47 Å². The molecule has 2 amide bonds. The number of hydrogen-bond acceptors (Lipinski definition) is 3. The molecule has 0 saturated carbocycles. The van der Waals surface area contributed by atoms with Crippen molar-refractivity contribution in [2.24, 2.45) is 11.7 Å². The number of nitrogens with zero attached hydrogens (tertiary/aromatic N) is 2. The number of carbonyl (C=O) groups is 2. The van der Waals surface area contributed by atoms with Gasteiger partial charge in [-0.15, -0.1) is 0 Å². The Bertz CT molecular complexity index is 1020. The number of primary amides is 1. The molecule has 1 aliphatic rings. The van der Waals surface area contributed by atoms with E-state index >= 15 is 0 Å². The van der Waals surface area contributed by atoms with Gasteiger partial charge >= 0.3 is 0 Å². The molecule has 4 rings (SSSR count). The summed E-state index contributed by atoms with van der Waals surface area (Å²) in [6.07, 6.45) is 5.52. The zero-order chi connectivity index (χ0) is 20.9. The number of nitrogens with two attached hydrogens (primary N) is 1. The van der Waals surface area contributed by atoms with Crippen LogP contribution in [0.4, 0.5) is 5.69 Å². The molecule has 3 N–H and O–H groups in total. The van der Waals surface area contributed by atoms with Gasteiger partial charge in [0.1, 0.15) is 0 Å². The van der Waals surface area contributed by atoms with Crippen molar-refractivity contribution in [2.45, 2.75) is 19.4 Å². The quantitative estimate of drug-likeness (QED) is 0.663. The van der Waals surface area contributed by atoms with Crippen molar-refractivity contribution >= 4 is 17.5 Å². The van der Waals surface area contributed by atoms with Crippen LogP contribution in [0.2, 0.25) is 0 Å². The van der Waals surface area contributed by atoms with Gasteiger partial charge in [0.15, 0.2) is 0 Å². The minimum absolute atomic E-state index is 0.00539. The Kier molecular flexibility index (Phi) is 5.95. The standard InChI is InChI=1S/C24H26N4O2/c25-23(29)19-9-13-27(14-10-19)17-18-5-3-7-21(15-18)26-24(30)20-6-4-8-22(16-20)28-11-1-2-12-28/h1-8,11-12,15-16,19H,9-10,13-14,17H2,(H2,25,29)(H,26,30). The van der Waals surface area contributed by atoms with Crippen LogP contribution < -0.4 is 11.1 Å². The topological polar surface area (TPSA) is 80.4 Å². The first-order valence-electron chi connectivity index (χ1n) is 10.2. The maximum absolute atomic E-state index is 12.8. The van der Waals surface area contributed by atoms with E-state index < -0.39 is 0 Å². The third kappa shape index (κ3) is 4.78. The number of anilines is 1. The summed E-state index contributed by atoms with van der Waals surface area (Å²) in [5, 5.41) is 3.00. The summed E-state index contributed by atoms with van der Waals surface area (Å²) in [6.45, 7) is 2.51.